The highest BCUT2D eigenvalue weighted by Crippen LogP contribution is 2.17. The highest BCUT2D eigenvalue weighted by molar-refractivity contribution is 5.71. The molecule has 0 aliphatic rings. The van der Waals surface area contributed by atoms with E-state index in [9.17, 15) is 14.4 Å². The molecule has 6 heteroatoms. The average Bonchev–Trinajstić information content (AvgIpc) is 3.43. The smallest absolute Gasteiger partial charge is 0.306 e. The average molecular weight is 1080 g/mol. The SMILES string of the molecule is CCCCCCC/C=C\C/C=C\C/C=C\CCCCCCCCCCCCCCCCC(=O)OCC(COC(=O)CCCCCCCCCCCCCCC)OC(=O)CCCCCCCCC/C=C\CCCCCCCC. The van der Waals surface area contributed by atoms with Gasteiger partial charge in [0.15, 0.2) is 6.10 Å². The van der Waals surface area contributed by atoms with Crippen LogP contribution in [0.2, 0.25) is 0 Å². The molecule has 0 heterocycles. The molecular weight excluding hydrogens is 949 g/mol. The van der Waals surface area contributed by atoms with Crippen LogP contribution >= 0.6 is 0 Å². The van der Waals surface area contributed by atoms with Crippen LogP contribution in [0.1, 0.15) is 367 Å². The topological polar surface area (TPSA) is 78.9 Å². The summed E-state index contributed by atoms with van der Waals surface area (Å²) in [6, 6.07) is 0. The molecule has 450 valence electrons. The number of ether oxygens (including phenoxy) is 3. The van der Waals surface area contributed by atoms with Gasteiger partial charge in [-0.2, -0.15) is 0 Å². The van der Waals surface area contributed by atoms with E-state index in [1.165, 1.54) is 257 Å². The maximum atomic E-state index is 12.9. The van der Waals surface area contributed by atoms with Crippen LogP contribution in [0.3, 0.4) is 0 Å². The third-order valence-electron chi connectivity index (χ3n) is 15.3. The molecule has 0 aliphatic carbocycles. The lowest BCUT2D eigenvalue weighted by molar-refractivity contribution is -0.167. The van der Waals surface area contributed by atoms with E-state index in [-0.39, 0.29) is 31.1 Å². The first-order valence-electron chi connectivity index (χ1n) is 34.1. The fraction of sp³-hybridized carbons (Fsp3) is 0.845. The van der Waals surface area contributed by atoms with Crippen molar-refractivity contribution in [3.05, 3.63) is 48.6 Å². The summed E-state index contributed by atoms with van der Waals surface area (Å²) in [7, 11) is 0. The van der Waals surface area contributed by atoms with Crippen LogP contribution in [-0.4, -0.2) is 37.2 Å². The van der Waals surface area contributed by atoms with E-state index in [1.54, 1.807) is 0 Å². The standard InChI is InChI=1S/C71H130O6/c1-4-7-10-13-16-19-22-25-27-29-30-31-32-33-34-35-36-37-38-39-40-42-43-46-49-52-55-58-61-64-70(73)76-67-68(66-75-69(72)63-60-57-54-51-48-45-24-21-18-15-12-9-6-3)77-71(74)65-62-59-56-53-50-47-44-41-28-26-23-20-17-14-11-8-5-2/h22,25-26,28-30,32-33,68H,4-21,23-24,27,31,34-67H2,1-3H3/b25-22-,28-26-,30-29-,33-32-. The van der Waals surface area contributed by atoms with Gasteiger partial charge in [-0.05, 0) is 83.5 Å². The predicted molar refractivity (Wildman–Crippen MR) is 335 cm³/mol. The van der Waals surface area contributed by atoms with Crippen LogP contribution in [0, 0.1) is 0 Å². The second-order valence-electron chi connectivity index (χ2n) is 23.1. The van der Waals surface area contributed by atoms with Crippen molar-refractivity contribution in [3.8, 4) is 0 Å². The number of allylic oxidation sites excluding steroid dienone is 8. The third kappa shape index (κ3) is 64.1. The highest BCUT2D eigenvalue weighted by atomic mass is 16.6. The van der Waals surface area contributed by atoms with Gasteiger partial charge in [-0.25, -0.2) is 0 Å². The molecule has 0 aromatic carbocycles. The van der Waals surface area contributed by atoms with Crippen molar-refractivity contribution < 1.29 is 28.6 Å². The van der Waals surface area contributed by atoms with Gasteiger partial charge in [0.2, 0.25) is 0 Å². The van der Waals surface area contributed by atoms with E-state index in [1.807, 2.05) is 0 Å². The molecule has 0 amide bonds. The Balaban J connectivity index is 4.21. The zero-order valence-corrected chi connectivity index (χ0v) is 51.7. The summed E-state index contributed by atoms with van der Waals surface area (Å²) in [5.74, 6) is -0.852. The van der Waals surface area contributed by atoms with Crippen LogP contribution in [-0.2, 0) is 28.6 Å². The molecule has 0 aromatic heterocycles. The number of rotatable bonds is 63. The molecule has 0 radical (unpaired) electrons. The Hall–Kier alpha value is -2.63. The van der Waals surface area contributed by atoms with E-state index in [4.69, 9.17) is 14.2 Å². The Bertz CT molecular complexity index is 1330. The molecule has 0 bridgehead atoms. The summed E-state index contributed by atoms with van der Waals surface area (Å²) < 4.78 is 17.0. The van der Waals surface area contributed by atoms with Crippen LogP contribution in [0.15, 0.2) is 48.6 Å². The number of carbonyl (C=O) groups is 3. The lowest BCUT2D eigenvalue weighted by atomic mass is 10.0. The maximum Gasteiger partial charge on any atom is 0.306 e. The molecule has 77 heavy (non-hydrogen) atoms. The first-order chi connectivity index (χ1) is 38.0. The van der Waals surface area contributed by atoms with Gasteiger partial charge in [0, 0.05) is 19.3 Å². The Kier molecular flexibility index (Phi) is 63.6. The lowest BCUT2D eigenvalue weighted by Crippen LogP contribution is -2.30. The first kappa shape index (κ1) is 74.4. The van der Waals surface area contributed by atoms with Crippen molar-refractivity contribution in [2.45, 2.75) is 374 Å². The molecule has 1 unspecified atom stereocenters. The minimum Gasteiger partial charge on any atom is -0.462 e. The Morgan fingerprint density at radius 2 is 0.468 bits per heavy atom. The summed E-state index contributed by atoms with van der Waals surface area (Å²) in [4.78, 5) is 38.3. The lowest BCUT2D eigenvalue weighted by Gasteiger charge is -2.18. The molecule has 0 rings (SSSR count). The third-order valence-corrected chi connectivity index (χ3v) is 15.3. The maximum absolute atomic E-state index is 12.9. The molecule has 0 aliphatic heterocycles. The largest absolute Gasteiger partial charge is 0.462 e. The zero-order valence-electron chi connectivity index (χ0n) is 51.7. The second-order valence-corrected chi connectivity index (χ2v) is 23.1. The Labute approximate surface area is 479 Å². The van der Waals surface area contributed by atoms with Gasteiger partial charge in [0.1, 0.15) is 13.2 Å². The van der Waals surface area contributed by atoms with Crippen molar-refractivity contribution in [2.75, 3.05) is 13.2 Å². The van der Waals surface area contributed by atoms with Crippen molar-refractivity contribution in [3.63, 3.8) is 0 Å². The van der Waals surface area contributed by atoms with Crippen LogP contribution in [0.5, 0.6) is 0 Å². The number of carbonyl (C=O) groups excluding carboxylic acids is 3. The van der Waals surface area contributed by atoms with E-state index >= 15 is 0 Å². The van der Waals surface area contributed by atoms with Gasteiger partial charge >= 0.3 is 17.9 Å². The predicted octanol–water partition coefficient (Wildman–Crippen LogP) is 23.3. The van der Waals surface area contributed by atoms with E-state index in [2.05, 4.69) is 69.4 Å². The quantitative estimate of drug-likeness (QED) is 0.0261. The number of unbranched alkanes of at least 4 members (excludes halogenated alkanes) is 44. The molecule has 6 nitrogen and oxygen atoms in total. The van der Waals surface area contributed by atoms with Crippen LogP contribution < -0.4 is 0 Å². The summed E-state index contributed by atoms with van der Waals surface area (Å²) in [6.07, 6.45) is 82.7. The van der Waals surface area contributed by atoms with E-state index in [0.29, 0.717) is 19.3 Å². The Morgan fingerprint density at radius 1 is 0.260 bits per heavy atom. The molecule has 0 N–H and O–H groups in total. The molecule has 0 saturated heterocycles. The van der Waals surface area contributed by atoms with Gasteiger partial charge in [0.25, 0.3) is 0 Å². The van der Waals surface area contributed by atoms with Crippen LogP contribution in [0.25, 0.3) is 0 Å². The first-order valence-corrected chi connectivity index (χ1v) is 34.1. The van der Waals surface area contributed by atoms with Crippen molar-refractivity contribution in [2.24, 2.45) is 0 Å². The van der Waals surface area contributed by atoms with E-state index < -0.39 is 6.10 Å². The minimum absolute atomic E-state index is 0.0701. The number of esters is 3. The summed E-state index contributed by atoms with van der Waals surface area (Å²) in [6.45, 7) is 6.67. The second kappa shape index (κ2) is 65.9. The highest BCUT2D eigenvalue weighted by Gasteiger charge is 2.19. The number of hydrogen-bond acceptors (Lipinski definition) is 6. The molecule has 0 fully saturated rings. The molecule has 0 aromatic rings. The fourth-order valence-electron chi connectivity index (χ4n) is 10.2. The molecule has 1 atom stereocenters. The fourth-order valence-corrected chi connectivity index (χ4v) is 10.2. The van der Waals surface area contributed by atoms with Gasteiger partial charge < -0.3 is 14.2 Å². The minimum atomic E-state index is -0.773. The van der Waals surface area contributed by atoms with Crippen LogP contribution in [0.4, 0.5) is 0 Å². The van der Waals surface area contributed by atoms with Gasteiger partial charge in [-0.3, -0.25) is 14.4 Å². The normalized spacial score (nSPS) is 12.3. The summed E-state index contributed by atoms with van der Waals surface area (Å²) >= 11 is 0. The summed E-state index contributed by atoms with van der Waals surface area (Å²) in [5, 5.41) is 0. The van der Waals surface area contributed by atoms with E-state index in [0.717, 1.165) is 70.6 Å². The summed E-state index contributed by atoms with van der Waals surface area (Å²) in [5.41, 5.74) is 0. The van der Waals surface area contributed by atoms with Crippen molar-refractivity contribution in [1.82, 2.24) is 0 Å². The number of hydrogen-bond donors (Lipinski definition) is 0. The molecule has 0 spiro atoms. The van der Waals surface area contributed by atoms with Crippen molar-refractivity contribution >= 4 is 17.9 Å². The zero-order chi connectivity index (χ0) is 55.7. The Morgan fingerprint density at radius 3 is 0.740 bits per heavy atom. The molecule has 0 saturated carbocycles. The van der Waals surface area contributed by atoms with Gasteiger partial charge in [0.05, 0.1) is 0 Å². The monoisotopic (exact) mass is 1080 g/mol. The van der Waals surface area contributed by atoms with Crippen molar-refractivity contribution in [1.29, 1.82) is 0 Å². The molecular formula is C71H130O6. The van der Waals surface area contributed by atoms with Gasteiger partial charge in [-0.15, -0.1) is 0 Å². The van der Waals surface area contributed by atoms with Gasteiger partial charge in [-0.1, -0.05) is 313 Å².